The SMILES string of the molecule is CC(=O)NC(C)(C)C(=O)N[C@@H](CC(N)=O)C(=O)N[C@@H](CC(C)C)C(=O)NC(C)(C)C(=O)N1CCC[C@H]1C(=O)N[C@@H](CO)C(=O)N[C@H](C(=O)NC(C)(C)C(=O)N1CCC[C@H]1C(=O)NC(C)(C)C(=O)N[C@@H](CC(C)C)C(=O)NC(C)(C)C(=O)N1CCC[C@H]1C(=O)N[C@@H](CC(C)C)C(=O)O)C(C)C. The van der Waals surface area contributed by atoms with Gasteiger partial charge in [0, 0.05) is 26.6 Å². The Labute approximate surface area is 586 Å². The van der Waals surface area contributed by atoms with Crippen molar-refractivity contribution in [3.8, 4) is 0 Å². The number of amides is 15. The van der Waals surface area contributed by atoms with Crippen LogP contribution in [0.15, 0.2) is 0 Å². The van der Waals surface area contributed by atoms with Gasteiger partial charge in [-0.2, -0.15) is 0 Å². The van der Waals surface area contributed by atoms with Crippen LogP contribution in [0.4, 0.5) is 0 Å². The molecular weight excluding hydrogens is 1300 g/mol. The lowest BCUT2D eigenvalue weighted by molar-refractivity contribution is -0.147. The highest BCUT2D eigenvalue weighted by molar-refractivity contribution is 6.03. The minimum absolute atomic E-state index is 0.0177. The number of aliphatic carboxylic acids is 1. The van der Waals surface area contributed by atoms with Crippen LogP contribution in [-0.4, -0.2) is 228 Å². The van der Waals surface area contributed by atoms with Crippen molar-refractivity contribution in [2.24, 2.45) is 29.4 Å². The minimum Gasteiger partial charge on any atom is -0.480 e. The van der Waals surface area contributed by atoms with Crippen molar-refractivity contribution >= 4 is 94.6 Å². The average Bonchev–Trinajstić information content (AvgIpc) is 1.55. The molecule has 15 amide bonds. The summed E-state index contributed by atoms with van der Waals surface area (Å²) in [5, 5.41) is 48.6. The zero-order valence-electron chi connectivity index (χ0n) is 61.8. The lowest BCUT2D eigenvalue weighted by Crippen LogP contribution is -2.65. The normalized spacial score (nSPS) is 18.5. The van der Waals surface area contributed by atoms with Gasteiger partial charge in [0.2, 0.25) is 88.6 Å². The number of rotatable bonds is 35. The summed E-state index contributed by atoms with van der Waals surface area (Å²) in [6.45, 7) is 28.4. The Morgan fingerprint density at radius 1 is 0.410 bits per heavy atom. The van der Waals surface area contributed by atoms with Gasteiger partial charge in [-0.3, -0.25) is 71.9 Å². The fourth-order valence-corrected chi connectivity index (χ4v) is 12.2. The molecule has 3 aliphatic rings. The van der Waals surface area contributed by atoms with Crippen LogP contribution < -0.4 is 64.2 Å². The largest absolute Gasteiger partial charge is 0.480 e. The van der Waals surface area contributed by atoms with Gasteiger partial charge in [-0.05, 0) is 151 Å². The van der Waals surface area contributed by atoms with Crippen LogP contribution in [0.3, 0.4) is 0 Å². The van der Waals surface area contributed by atoms with Crippen molar-refractivity contribution in [3.05, 3.63) is 0 Å². The predicted octanol–water partition coefficient (Wildman–Crippen LogP) is -1.89. The number of nitrogens with zero attached hydrogens (tertiary/aromatic N) is 3. The first-order chi connectivity index (χ1) is 45.9. The summed E-state index contributed by atoms with van der Waals surface area (Å²) < 4.78 is 0. The van der Waals surface area contributed by atoms with Gasteiger partial charge in [-0.25, -0.2) is 4.79 Å². The smallest absolute Gasteiger partial charge is 0.326 e. The van der Waals surface area contributed by atoms with Crippen LogP contribution in [0.2, 0.25) is 0 Å². The van der Waals surface area contributed by atoms with Gasteiger partial charge < -0.3 is 89.1 Å². The monoisotopic (exact) mass is 1420 g/mol. The molecule has 3 heterocycles. The zero-order chi connectivity index (χ0) is 76.7. The molecule has 0 radical (unpaired) electrons. The quantitative estimate of drug-likeness (QED) is 0.0330. The Bertz CT molecular complexity index is 3070. The van der Waals surface area contributed by atoms with Gasteiger partial charge in [0.15, 0.2) is 0 Å². The van der Waals surface area contributed by atoms with E-state index >= 15 is 0 Å². The minimum atomic E-state index is -1.75. The molecule has 33 nitrogen and oxygen atoms in total. The number of carboxylic acid groups (broad SMARTS) is 1. The number of aliphatic hydroxyl groups is 1. The number of primary amides is 1. The van der Waals surface area contributed by atoms with Crippen molar-refractivity contribution in [1.29, 1.82) is 0 Å². The fraction of sp³-hybridized carbons (Fsp3) is 0.761. The van der Waals surface area contributed by atoms with Crippen molar-refractivity contribution in [3.63, 3.8) is 0 Å². The summed E-state index contributed by atoms with van der Waals surface area (Å²) in [6.07, 6.45) is 1.26. The molecule has 33 heteroatoms. The second kappa shape index (κ2) is 35.7. The molecule has 0 aliphatic carbocycles. The van der Waals surface area contributed by atoms with Gasteiger partial charge in [0.05, 0.1) is 13.0 Å². The lowest BCUT2D eigenvalue weighted by Gasteiger charge is -2.36. The van der Waals surface area contributed by atoms with E-state index in [1.54, 1.807) is 27.7 Å². The highest BCUT2D eigenvalue weighted by Gasteiger charge is 2.48. The van der Waals surface area contributed by atoms with E-state index < -0.39 is 196 Å². The number of hydrogen-bond donors (Lipinski definition) is 14. The fourth-order valence-electron chi connectivity index (χ4n) is 12.2. The third-order valence-corrected chi connectivity index (χ3v) is 17.5. The molecule has 3 aliphatic heterocycles. The van der Waals surface area contributed by atoms with Crippen LogP contribution in [0.5, 0.6) is 0 Å². The third kappa shape index (κ3) is 24.1. The molecule has 0 saturated carbocycles. The predicted molar refractivity (Wildman–Crippen MR) is 364 cm³/mol. The first-order valence-electron chi connectivity index (χ1n) is 34.4. The molecule has 3 fully saturated rings. The number of carbonyl (C=O) groups excluding carboxylic acids is 15. The van der Waals surface area contributed by atoms with Crippen LogP contribution in [0, 0.1) is 23.7 Å². The van der Waals surface area contributed by atoms with Crippen LogP contribution in [0.1, 0.15) is 196 Å². The van der Waals surface area contributed by atoms with E-state index in [-0.39, 0.29) is 75.9 Å². The molecule has 0 aromatic heterocycles. The van der Waals surface area contributed by atoms with E-state index in [4.69, 9.17) is 5.73 Å². The standard InChI is InChI=1S/C67H113N15O18/c1-34(2)29-39(69-49(86)41(32-47(68)85)73-58(96)63(10,11)75-38(9)84)51(88)76-65(14,15)60(98)81-27-21-24-45(81)54(91)71-43(33-83)50(87)74-48(37(7)8)56(93)79-67(18,19)62(100)82-28-22-25-46(82)55(92)78-64(12,13)59(97)72-40(30-35(3)4)52(89)77-66(16,17)61(99)80-26-20-23-44(80)53(90)70-42(57(94)95)31-36(5)6/h34-37,39-46,48,83H,20-33H2,1-19H3,(H2,68,85)(H,69,86)(H,70,90)(H,71,91)(H,72,97)(H,73,96)(H,74,87)(H,75,84)(H,76,88)(H,77,89)(H,78,92)(H,79,93)(H,94,95)/t39-,40-,41-,42-,43-,44-,45-,46-,48-/m0/s1. The summed E-state index contributed by atoms with van der Waals surface area (Å²) in [5.41, 5.74) is -2.92. The number of carbonyl (C=O) groups is 16. The molecule has 15 N–H and O–H groups in total. The Morgan fingerprint density at radius 3 is 1.11 bits per heavy atom. The van der Waals surface area contributed by atoms with Crippen molar-refractivity contribution < 1.29 is 86.9 Å². The summed E-state index contributed by atoms with van der Waals surface area (Å²) >= 11 is 0. The number of nitrogens with two attached hydrogens (primary N) is 1. The molecule has 3 rings (SSSR count). The summed E-state index contributed by atoms with van der Waals surface area (Å²) in [5.74, 6) is -14.1. The maximum atomic E-state index is 14.5. The van der Waals surface area contributed by atoms with Gasteiger partial charge in [0.1, 0.15) is 82.1 Å². The average molecular weight is 1420 g/mol. The highest BCUT2D eigenvalue weighted by atomic mass is 16.4. The Hall–Kier alpha value is -8.52. The number of likely N-dealkylation sites (tertiary alicyclic amines) is 3. The number of nitrogens with one attached hydrogen (secondary N) is 11. The molecule has 0 unspecified atom stereocenters. The Morgan fingerprint density at radius 2 is 0.750 bits per heavy atom. The maximum absolute atomic E-state index is 14.5. The van der Waals surface area contributed by atoms with Crippen molar-refractivity contribution in [1.82, 2.24) is 73.2 Å². The molecular formula is C67H113N15O18. The summed E-state index contributed by atoms with van der Waals surface area (Å²) in [6, 6.07) is -11.7. The first kappa shape index (κ1) is 85.7. The molecule has 3 saturated heterocycles. The number of hydrogen-bond acceptors (Lipinski definition) is 17. The van der Waals surface area contributed by atoms with Crippen LogP contribution in [-0.2, 0) is 76.7 Å². The molecule has 564 valence electrons. The van der Waals surface area contributed by atoms with E-state index in [2.05, 4.69) is 58.5 Å². The van der Waals surface area contributed by atoms with Gasteiger partial charge in [-0.15, -0.1) is 0 Å². The molecule has 9 atom stereocenters. The maximum Gasteiger partial charge on any atom is 0.326 e. The van der Waals surface area contributed by atoms with E-state index in [0.717, 1.165) is 0 Å². The lowest BCUT2D eigenvalue weighted by atomic mass is 9.96. The van der Waals surface area contributed by atoms with Crippen molar-refractivity contribution in [2.45, 2.75) is 278 Å². The van der Waals surface area contributed by atoms with E-state index in [0.29, 0.717) is 19.3 Å². The Kier molecular flexibility index (Phi) is 30.6. The molecule has 100 heavy (non-hydrogen) atoms. The molecule has 0 aromatic rings. The molecule has 0 bridgehead atoms. The Balaban J connectivity index is 1.70. The summed E-state index contributed by atoms with van der Waals surface area (Å²) in [4.78, 5) is 221. The highest BCUT2D eigenvalue weighted by Crippen LogP contribution is 2.27. The molecule has 0 aromatic carbocycles. The van der Waals surface area contributed by atoms with Gasteiger partial charge >= 0.3 is 5.97 Å². The second-order valence-corrected chi connectivity index (χ2v) is 30.8. The van der Waals surface area contributed by atoms with Gasteiger partial charge in [-0.1, -0.05) is 55.4 Å². The van der Waals surface area contributed by atoms with E-state index in [1.807, 2.05) is 27.7 Å². The van der Waals surface area contributed by atoms with E-state index in [9.17, 15) is 86.9 Å². The van der Waals surface area contributed by atoms with E-state index in [1.165, 1.54) is 90.9 Å². The van der Waals surface area contributed by atoms with Crippen LogP contribution in [0.25, 0.3) is 0 Å². The third-order valence-electron chi connectivity index (χ3n) is 17.5. The van der Waals surface area contributed by atoms with Crippen LogP contribution >= 0.6 is 0 Å². The number of carboxylic acids is 1. The van der Waals surface area contributed by atoms with Crippen molar-refractivity contribution in [2.75, 3.05) is 26.2 Å². The number of aliphatic hydroxyl groups excluding tert-OH is 1. The van der Waals surface area contributed by atoms with Gasteiger partial charge in [0.25, 0.3) is 0 Å². The zero-order valence-corrected chi connectivity index (χ0v) is 61.8. The topological polar surface area (TPSA) is 482 Å². The first-order valence-corrected chi connectivity index (χ1v) is 34.4. The second-order valence-electron chi connectivity index (χ2n) is 30.8. The summed E-state index contributed by atoms with van der Waals surface area (Å²) in [7, 11) is 0. The molecule has 0 spiro atoms.